The number of hydrogen-bond acceptors (Lipinski definition) is 2. The topological polar surface area (TPSA) is 43.8 Å². The number of nitrogen functional groups attached to an aromatic ring is 1. The predicted molar refractivity (Wildman–Crippen MR) is 58.3 cm³/mol. The van der Waals surface area contributed by atoms with Crippen molar-refractivity contribution in [1.29, 1.82) is 0 Å². The van der Waals surface area contributed by atoms with Gasteiger partial charge in [-0.1, -0.05) is 0 Å². The van der Waals surface area contributed by atoms with Crippen LogP contribution >= 0.6 is 0 Å². The first-order valence-corrected chi connectivity index (χ1v) is 5.26. The Hall–Kier alpha value is -0.990. The molecule has 2 N–H and O–H groups in total. The summed E-state index contributed by atoms with van der Waals surface area (Å²) in [6.45, 7) is 8.52. The second kappa shape index (κ2) is 2.75. The molecule has 1 fully saturated rings. The fourth-order valence-corrected chi connectivity index (χ4v) is 1.88. The van der Waals surface area contributed by atoms with E-state index in [0.717, 1.165) is 11.5 Å². The number of aromatic nitrogens is 2. The molecule has 1 heterocycles. The minimum atomic E-state index is 0.0449. The zero-order valence-corrected chi connectivity index (χ0v) is 9.46. The molecule has 1 aromatic rings. The van der Waals surface area contributed by atoms with Gasteiger partial charge < -0.3 is 10.3 Å². The standard InChI is InChI=1S/C11H19N3/c1-7-9(12)14(11(2,3)4)10(13-7)8-5-6-8/h8H,5-6,12H2,1-4H3. The van der Waals surface area contributed by atoms with Crippen LogP contribution < -0.4 is 5.73 Å². The third kappa shape index (κ3) is 1.41. The Morgan fingerprint density at radius 2 is 1.93 bits per heavy atom. The van der Waals surface area contributed by atoms with Crippen LogP contribution in [-0.2, 0) is 5.54 Å². The lowest BCUT2D eigenvalue weighted by Gasteiger charge is -2.25. The van der Waals surface area contributed by atoms with Gasteiger partial charge in [0.15, 0.2) is 0 Å². The second-order valence-electron chi connectivity index (χ2n) is 5.22. The normalized spacial score (nSPS) is 17.4. The molecule has 0 radical (unpaired) electrons. The van der Waals surface area contributed by atoms with Gasteiger partial charge in [-0.2, -0.15) is 0 Å². The van der Waals surface area contributed by atoms with Crippen molar-refractivity contribution < 1.29 is 0 Å². The Kier molecular flexibility index (Phi) is 1.88. The van der Waals surface area contributed by atoms with E-state index >= 15 is 0 Å². The molecule has 1 saturated carbocycles. The van der Waals surface area contributed by atoms with Crippen LogP contribution in [0.25, 0.3) is 0 Å². The average Bonchev–Trinajstić information content (AvgIpc) is 2.78. The van der Waals surface area contributed by atoms with Gasteiger partial charge in [-0.3, -0.25) is 0 Å². The van der Waals surface area contributed by atoms with Crippen molar-refractivity contribution in [1.82, 2.24) is 9.55 Å². The molecule has 1 aromatic heterocycles. The van der Waals surface area contributed by atoms with E-state index in [-0.39, 0.29) is 5.54 Å². The highest BCUT2D eigenvalue weighted by Gasteiger charge is 2.33. The Morgan fingerprint density at radius 3 is 2.36 bits per heavy atom. The lowest BCUT2D eigenvalue weighted by Crippen LogP contribution is -2.25. The SMILES string of the molecule is Cc1nc(C2CC2)n(C(C)(C)C)c1N. The van der Waals surface area contributed by atoms with Crippen LogP contribution in [0.4, 0.5) is 5.82 Å². The van der Waals surface area contributed by atoms with E-state index < -0.39 is 0 Å². The third-order valence-electron chi connectivity index (χ3n) is 2.74. The first-order chi connectivity index (χ1) is 6.41. The molecule has 0 bridgehead atoms. The number of nitrogens with two attached hydrogens (primary N) is 1. The molecule has 1 aliphatic rings. The van der Waals surface area contributed by atoms with Gasteiger partial charge in [-0.25, -0.2) is 4.98 Å². The van der Waals surface area contributed by atoms with Crippen LogP contribution in [0.1, 0.15) is 51.0 Å². The lowest BCUT2D eigenvalue weighted by atomic mass is 10.1. The van der Waals surface area contributed by atoms with Gasteiger partial charge >= 0.3 is 0 Å². The minimum absolute atomic E-state index is 0.0449. The summed E-state index contributed by atoms with van der Waals surface area (Å²) < 4.78 is 2.19. The Balaban J connectivity index is 2.54. The van der Waals surface area contributed by atoms with Crippen molar-refractivity contribution in [2.24, 2.45) is 0 Å². The summed E-state index contributed by atoms with van der Waals surface area (Å²) in [5, 5.41) is 0. The van der Waals surface area contributed by atoms with Gasteiger partial charge in [0.25, 0.3) is 0 Å². The maximum absolute atomic E-state index is 6.06. The lowest BCUT2D eigenvalue weighted by molar-refractivity contribution is 0.388. The highest BCUT2D eigenvalue weighted by atomic mass is 15.2. The average molecular weight is 193 g/mol. The number of rotatable bonds is 1. The van der Waals surface area contributed by atoms with Gasteiger partial charge in [-0.05, 0) is 40.5 Å². The van der Waals surface area contributed by atoms with Crippen LogP contribution in [0.3, 0.4) is 0 Å². The van der Waals surface area contributed by atoms with Gasteiger partial charge in [0.05, 0.1) is 5.69 Å². The largest absolute Gasteiger partial charge is 0.384 e. The fourth-order valence-electron chi connectivity index (χ4n) is 1.88. The minimum Gasteiger partial charge on any atom is -0.384 e. The molecule has 14 heavy (non-hydrogen) atoms. The van der Waals surface area contributed by atoms with Crippen LogP contribution in [0.2, 0.25) is 0 Å². The van der Waals surface area contributed by atoms with E-state index in [1.807, 2.05) is 6.92 Å². The third-order valence-corrected chi connectivity index (χ3v) is 2.74. The van der Waals surface area contributed by atoms with Crippen molar-refractivity contribution in [3.05, 3.63) is 11.5 Å². The van der Waals surface area contributed by atoms with Gasteiger partial charge in [0.1, 0.15) is 11.6 Å². The molecule has 0 aliphatic heterocycles. The molecule has 0 aromatic carbocycles. The van der Waals surface area contributed by atoms with Crippen LogP contribution in [-0.4, -0.2) is 9.55 Å². The quantitative estimate of drug-likeness (QED) is 0.744. The maximum Gasteiger partial charge on any atom is 0.127 e. The number of imidazole rings is 1. The predicted octanol–water partition coefficient (Wildman–Crippen LogP) is 2.41. The molecular formula is C11H19N3. The zero-order chi connectivity index (χ0) is 10.5. The summed E-state index contributed by atoms with van der Waals surface area (Å²) in [5.41, 5.74) is 7.07. The molecule has 1 aliphatic carbocycles. The van der Waals surface area contributed by atoms with Gasteiger partial charge in [-0.15, -0.1) is 0 Å². The summed E-state index contributed by atoms with van der Waals surface area (Å²) in [7, 11) is 0. The van der Waals surface area contributed by atoms with E-state index in [4.69, 9.17) is 5.73 Å². The molecule has 0 saturated heterocycles. The van der Waals surface area contributed by atoms with Gasteiger partial charge in [0, 0.05) is 11.5 Å². The van der Waals surface area contributed by atoms with E-state index in [1.54, 1.807) is 0 Å². The number of hydrogen-bond donors (Lipinski definition) is 1. The molecule has 78 valence electrons. The fraction of sp³-hybridized carbons (Fsp3) is 0.727. The molecule has 0 spiro atoms. The molecule has 0 amide bonds. The first kappa shape index (κ1) is 9.56. The Morgan fingerprint density at radius 1 is 1.36 bits per heavy atom. The molecular weight excluding hydrogens is 174 g/mol. The monoisotopic (exact) mass is 193 g/mol. The van der Waals surface area contributed by atoms with E-state index in [9.17, 15) is 0 Å². The summed E-state index contributed by atoms with van der Waals surface area (Å²) in [4.78, 5) is 4.58. The second-order valence-corrected chi connectivity index (χ2v) is 5.22. The van der Waals surface area contributed by atoms with Crippen LogP contribution in [0.15, 0.2) is 0 Å². The van der Waals surface area contributed by atoms with E-state index in [0.29, 0.717) is 5.92 Å². The molecule has 3 nitrogen and oxygen atoms in total. The zero-order valence-electron chi connectivity index (χ0n) is 9.46. The van der Waals surface area contributed by atoms with Crippen LogP contribution in [0, 0.1) is 6.92 Å². The summed E-state index contributed by atoms with van der Waals surface area (Å²) in [5.74, 6) is 2.68. The summed E-state index contributed by atoms with van der Waals surface area (Å²) in [6.07, 6.45) is 2.54. The number of aryl methyl sites for hydroxylation is 1. The maximum atomic E-state index is 6.06. The molecule has 0 unspecified atom stereocenters. The van der Waals surface area contributed by atoms with Crippen molar-refractivity contribution >= 4 is 5.82 Å². The first-order valence-electron chi connectivity index (χ1n) is 5.26. The smallest absolute Gasteiger partial charge is 0.127 e. The van der Waals surface area contributed by atoms with E-state index in [2.05, 4.69) is 30.3 Å². The molecule has 0 atom stereocenters. The highest BCUT2D eigenvalue weighted by molar-refractivity contribution is 5.40. The number of anilines is 1. The highest BCUT2D eigenvalue weighted by Crippen LogP contribution is 2.42. The van der Waals surface area contributed by atoms with Crippen molar-refractivity contribution in [2.45, 2.75) is 52.0 Å². The van der Waals surface area contributed by atoms with E-state index in [1.165, 1.54) is 18.7 Å². The summed E-state index contributed by atoms with van der Waals surface area (Å²) >= 11 is 0. The summed E-state index contributed by atoms with van der Waals surface area (Å²) in [6, 6.07) is 0. The van der Waals surface area contributed by atoms with Crippen molar-refractivity contribution in [3.63, 3.8) is 0 Å². The Bertz CT molecular complexity index is 353. The Labute approximate surface area is 85.3 Å². The molecule has 2 rings (SSSR count). The molecule has 3 heteroatoms. The van der Waals surface area contributed by atoms with Crippen molar-refractivity contribution in [2.75, 3.05) is 5.73 Å². The van der Waals surface area contributed by atoms with Gasteiger partial charge in [0.2, 0.25) is 0 Å². The number of nitrogens with zero attached hydrogens (tertiary/aromatic N) is 2. The van der Waals surface area contributed by atoms with Crippen molar-refractivity contribution in [3.8, 4) is 0 Å². The van der Waals surface area contributed by atoms with Crippen LogP contribution in [0.5, 0.6) is 0 Å².